The number of carbonyl (C=O) groups is 1. The minimum Gasteiger partial charge on any atom is -0.497 e. The second-order valence-electron chi connectivity index (χ2n) is 4.14. The van der Waals surface area contributed by atoms with Crippen LogP contribution in [-0.4, -0.2) is 51.3 Å². The molecule has 1 rings (SSSR count). The Morgan fingerprint density at radius 3 is 2.59 bits per heavy atom. The van der Waals surface area contributed by atoms with Crippen molar-refractivity contribution in [1.29, 1.82) is 0 Å². The highest BCUT2D eigenvalue weighted by atomic mass is 35.5. The molecule has 0 aromatic heterocycles. The summed E-state index contributed by atoms with van der Waals surface area (Å²) in [5.41, 5.74) is -0.267. The van der Waals surface area contributed by atoms with Crippen LogP contribution >= 0.6 is 12.4 Å². The molecule has 0 saturated heterocycles. The second-order valence-corrected chi connectivity index (χ2v) is 4.14. The number of nitro groups is 1. The van der Waals surface area contributed by atoms with E-state index in [4.69, 9.17) is 9.47 Å². The Labute approximate surface area is 134 Å². The Hall–Kier alpha value is -1.90. The van der Waals surface area contributed by atoms with Crippen LogP contribution in [0.3, 0.4) is 0 Å². The zero-order chi connectivity index (χ0) is 15.7. The molecule has 0 fully saturated rings. The Bertz CT molecular complexity index is 499. The molecule has 0 spiro atoms. The SMILES string of the molecule is COCCNCCNC(=O)c1cc(OC)ccc1[N+](=O)[O-].Cl. The summed E-state index contributed by atoms with van der Waals surface area (Å²) >= 11 is 0. The molecule has 2 N–H and O–H groups in total. The van der Waals surface area contributed by atoms with Gasteiger partial charge in [-0.3, -0.25) is 14.9 Å². The number of nitro benzene ring substituents is 1. The molecule has 0 atom stereocenters. The van der Waals surface area contributed by atoms with Gasteiger partial charge in [-0.25, -0.2) is 0 Å². The summed E-state index contributed by atoms with van der Waals surface area (Å²) in [6.07, 6.45) is 0. The highest BCUT2D eigenvalue weighted by Crippen LogP contribution is 2.23. The molecular formula is C13H20ClN3O5. The van der Waals surface area contributed by atoms with Crippen LogP contribution in [0.5, 0.6) is 5.75 Å². The van der Waals surface area contributed by atoms with Crippen LogP contribution in [0.1, 0.15) is 10.4 Å². The Kier molecular flexibility index (Phi) is 9.84. The molecule has 124 valence electrons. The van der Waals surface area contributed by atoms with Gasteiger partial charge in [0, 0.05) is 32.8 Å². The molecule has 0 aliphatic rings. The quantitative estimate of drug-likeness (QED) is 0.397. The van der Waals surface area contributed by atoms with Crippen LogP contribution in [0.2, 0.25) is 0 Å². The number of hydrogen-bond acceptors (Lipinski definition) is 6. The molecule has 0 aliphatic heterocycles. The first-order valence-electron chi connectivity index (χ1n) is 6.40. The maximum Gasteiger partial charge on any atom is 0.282 e. The lowest BCUT2D eigenvalue weighted by atomic mass is 10.1. The summed E-state index contributed by atoms with van der Waals surface area (Å²) in [6.45, 7) is 2.16. The number of amides is 1. The molecule has 1 amide bonds. The number of hydrogen-bond donors (Lipinski definition) is 2. The fourth-order valence-corrected chi connectivity index (χ4v) is 1.64. The van der Waals surface area contributed by atoms with E-state index in [-0.39, 0.29) is 23.7 Å². The van der Waals surface area contributed by atoms with Crippen molar-refractivity contribution in [2.24, 2.45) is 0 Å². The molecule has 1 aromatic carbocycles. The zero-order valence-electron chi connectivity index (χ0n) is 12.5. The third-order valence-corrected chi connectivity index (χ3v) is 2.72. The van der Waals surface area contributed by atoms with Crippen LogP contribution in [0.4, 0.5) is 5.69 Å². The van der Waals surface area contributed by atoms with E-state index >= 15 is 0 Å². The van der Waals surface area contributed by atoms with Crippen molar-refractivity contribution < 1.29 is 19.2 Å². The number of ether oxygens (including phenoxy) is 2. The van der Waals surface area contributed by atoms with E-state index < -0.39 is 10.8 Å². The zero-order valence-corrected chi connectivity index (χ0v) is 13.3. The van der Waals surface area contributed by atoms with Crippen LogP contribution < -0.4 is 15.4 Å². The highest BCUT2D eigenvalue weighted by Gasteiger charge is 2.20. The topological polar surface area (TPSA) is 103 Å². The van der Waals surface area contributed by atoms with E-state index in [1.165, 1.54) is 25.3 Å². The number of nitrogens with one attached hydrogen (secondary N) is 2. The summed E-state index contributed by atoms with van der Waals surface area (Å²) in [4.78, 5) is 22.3. The van der Waals surface area contributed by atoms with Gasteiger partial charge < -0.3 is 20.1 Å². The van der Waals surface area contributed by atoms with Crippen molar-refractivity contribution in [3.63, 3.8) is 0 Å². The predicted octanol–water partition coefficient (Wildman–Crippen LogP) is 0.991. The largest absolute Gasteiger partial charge is 0.497 e. The van der Waals surface area contributed by atoms with E-state index in [0.29, 0.717) is 32.0 Å². The molecule has 0 unspecified atom stereocenters. The molecule has 0 radical (unpaired) electrons. The molecule has 0 aliphatic carbocycles. The summed E-state index contributed by atoms with van der Waals surface area (Å²) in [5, 5.41) is 16.6. The van der Waals surface area contributed by atoms with E-state index in [2.05, 4.69) is 10.6 Å². The van der Waals surface area contributed by atoms with E-state index in [0.717, 1.165) is 0 Å². The normalized spacial score (nSPS) is 9.73. The summed E-state index contributed by atoms with van der Waals surface area (Å²) in [5.74, 6) is -0.113. The van der Waals surface area contributed by atoms with Gasteiger partial charge in [-0.15, -0.1) is 12.4 Å². The lowest BCUT2D eigenvalue weighted by molar-refractivity contribution is -0.385. The molecule has 0 heterocycles. The first kappa shape index (κ1) is 20.1. The molecule has 0 saturated carbocycles. The maximum absolute atomic E-state index is 12.0. The van der Waals surface area contributed by atoms with Gasteiger partial charge in [0.05, 0.1) is 18.6 Å². The number of halogens is 1. The number of rotatable bonds is 9. The summed E-state index contributed by atoms with van der Waals surface area (Å²) in [6, 6.07) is 4.05. The van der Waals surface area contributed by atoms with Gasteiger partial charge in [-0.05, 0) is 12.1 Å². The molecule has 1 aromatic rings. The lowest BCUT2D eigenvalue weighted by Gasteiger charge is -2.08. The van der Waals surface area contributed by atoms with Crippen molar-refractivity contribution in [3.8, 4) is 5.75 Å². The number of methoxy groups -OCH3 is 2. The van der Waals surface area contributed by atoms with Gasteiger partial charge in [0.15, 0.2) is 0 Å². The standard InChI is InChI=1S/C13H19N3O5.ClH/c1-20-8-7-14-5-6-15-13(17)11-9-10(21-2)3-4-12(11)16(18)19;/h3-4,9,14H,5-8H2,1-2H3,(H,15,17);1H. The van der Waals surface area contributed by atoms with Gasteiger partial charge in [0.25, 0.3) is 11.6 Å². The Balaban J connectivity index is 0.00000441. The molecule has 9 heteroatoms. The molecule has 0 bridgehead atoms. The molecular weight excluding hydrogens is 314 g/mol. The lowest BCUT2D eigenvalue weighted by Crippen LogP contribution is -2.33. The van der Waals surface area contributed by atoms with Crippen LogP contribution in [0.25, 0.3) is 0 Å². The van der Waals surface area contributed by atoms with Crippen molar-refractivity contribution >= 4 is 24.0 Å². The third-order valence-electron chi connectivity index (χ3n) is 2.72. The minimum absolute atomic E-state index is 0. The van der Waals surface area contributed by atoms with Gasteiger partial charge in [-0.2, -0.15) is 0 Å². The third kappa shape index (κ3) is 6.25. The molecule has 22 heavy (non-hydrogen) atoms. The van der Waals surface area contributed by atoms with Gasteiger partial charge >= 0.3 is 0 Å². The van der Waals surface area contributed by atoms with Crippen molar-refractivity contribution in [1.82, 2.24) is 10.6 Å². The molecule has 8 nitrogen and oxygen atoms in total. The predicted molar refractivity (Wildman–Crippen MR) is 84.0 cm³/mol. The first-order chi connectivity index (χ1) is 10.1. The first-order valence-corrected chi connectivity index (χ1v) is 6.40. The summed E-state index contributed by atoms with van der Waals surface area (Å²) in [7, 11) is 3.04. The highest BCUT2D eigenvalue weighted by molar-refractivity contribution is 5.98. The second kappa shape index (κ2) is 10.8. The Morgan fingerprint density at radius 2 is 2.00 bits per heavy atom. The van der Waals surface area contributed by atoms with Gasteiger partial charge in [0.1, 0.15) is 11.3 Å². The fraction of sp³-hybridized carbons (Fsp3) is 0.462. The average molecular weight is 334 g/mol. The number of nitrogens with zero attached hydrogens (tertiary/aromatic N) is 1. The van der Waals surface area contributed by atoms with Gasteiger partial charge in [0.2, 0.25) is 0 Å². The van der Waals surface area contributed by atoms with Crippen LogP contribution in [-0.2, 0) is 4.74 Å². The van der Waals surface area contributed by atoms with Crippen LogP contribution in [0.15, 0.2) is 18.2 Å². The Morgan fingerprint density at radius 1 is 1.27 bits per heavy atom. The van der Waals surface area contributed by atoms with Gasteiger partial charge in [-0.1, -0.05) is 0 Å². The fourth-order valence-electron chi connectivity index (χ4n) is 1.64. The van der Waals surface area contributed by atoms with Crippen molar-refractivity contribution in [3.05, 3.63) is 33.9 Å². The summed E-state index contributed by atoms with van der Waals surface area (Å²) < 4.78 is 9.85. The van der Waals surface area contributed by atoms with E-state index in [9.17, 15) is 14.9 Å². The van der Waals surface area contributed by atoms with E-state index in [1.807, 2.05) is 0 Å². The van der Waals surface area contributed by atoms with Crippen LogP contribution in [0, 0.1) is 10.1 Å². The maximum atomic E-state index is 12.0. The number of benzene rings is 1. The van der Waals surface area contributed by atoms with E-state index in [1.54, 1.807) is 7.11 Å². The number of carbonyl (C=O) groups excluding carboxylic acids is 1. The monoisotopic (exact) mass is 333 g/mol. The minimum atomic E-state index is -0.592. The van der Waals surface area contributed by atoms with Crippen molar-refractivity contribution in [2.45, 2.75) is 0 Å². The average Bonchev–Trinajstić information content (AvgIpc) is 2.49. The smallest absolute Gasteiger partial charge is 0.282 e. The van der Waals surface area contributed by atoms with Crippen molar-refractivity contribution in [2.75, 3.05) is 40.5 Å².